The third-order valence-electron chi connectivity index (χ3n) is 4.49. The predicted molar refractivity (Wildman–Crippen MR) is 109 cm³/mol. The molecule has 2 aromatic heterocycles. The number of rotatable bonds is 7. The Hall–Kier alpha value is -2.14. The van der Waals surface area contributed by atoms with Gasteiger partial charge in [-0.3, -0.25) is 9.59 Å². The fraction of sp³-hybridized carbons (Fsp3) is 0.412. The molecule has 3 rings (SSSR count). The summed E-state index contributed by atoms with van der Waals surface area (Å²) in [6.07, 6.45) is 1.72. The monoisotopic (exact) mass is 460 g/mol. The largest absolute Gasteiger partial charge is 0.477 e. The predicted octanol–water partition coefficient (Wildman–Crippen LogP) is 2.97. The number of carbonyl (C=O) groups is 3. The van der Waals surface area contributed by atoms with Gasteiger partial charge in [0.05, 0.1) is 16.1 Å². The van der Waals surface area contributed by atoms with Gasteiger partial charge in [0.2, 0.25) is 0 Å². The fourth-order valence-electron chi connectivity index (χ4n) is 2.94. The van der Waals surface area contributed by atoms with E-state index in [0.717, 1.165) is 11.3 Å². The topological polar surface area (TPSA) is 125 Å². The number of hydrogen-bond donors (Lipinski definition) is 3. The van der Waals surface area contributed by atoms with Gasteiger partial charge >= 0.3 is 5.97 Å². The van der Waals surface area contributed by atoms with Gasteiger partial charge in [0.25, 0.3) is 5.91 Å². The van der Waals surface area contributed by atoms with Crippen LogP contribution in [0.3, 0.4) is 0 Å². The molecule has 3 N–H and O–H groups in total. The average Bonchev–Trinajstić information content (AvgIpc) is 3.25. The van der Waals surface area contributed by atoms with Crippen molar-refractivity contribution >= 4 is 57.8 Å². The SMILES string of the molecule is Cc1[nH]c(C(=O)NCOC2CCN(c3nc(C=O)c(C(=O)O)s3)CC2)c(Cl)c1Cl. The molecule has 0 aliphatic carbocycles. The first-order valence-corrected chi connectivity index (χ1v) is 10.3. The molecule has 0 atom stereocenters. The van der Waals surface area contributed by atoms with Gasteiger partial charge in [-0.2, -0.15) is 0 Å². The summed E-state index contributed by atoms with van der Waals surface area (Å²) in [5.74, 6) is -1.57. The summed E-state index contributed by atoms with van der Waals surface area (Å²) in [6.45, 7) is 2.93. The molecule has 1 aliphatic rings. The number of aldehydes is 1. The van der Waals surface area contributed by atoms with Crippen molar-refractivity contribution < 1.29 is 24.2 Å². The normalized spacial score (nSPS) is 14.8. The quantitative estimate of drug-likeness (QED) is 0.428. The Labute approximate surface area is 180 Å². The standard InChI is InChI=1S/C17H18Cl2N4O5S/c1-8-11(18)12(19)13(21-8)15(25)20-7-28-9-2-4-23(5-3-9)17-22-10(6-24)14(29-17)16(26)27/h6,9,21H,2-5,7H2,1H3,(H,20,25)(H,26,27). The second kappa shape index (κ2) is 9.12. The van der Waals surface area contributed by atoms with Crippen LogP contribution in [-0.4, -0.2) is 59.2 Å². The number of nitrogens with zero attached hydrogens (tertiary/aromatic N) is 2. The van der Waals surface area contributed by atoms with Crippen LogP contribution in [0.2, 0.25) is 10.0 Å². The van der Waals surface area contributed by atoms with Crippen LogP contribution in [-0.2, 0) is 4.74 Å². The average molecular weight is 461 g/mol. The Balaban J connectivity index is 1.48. The van der Waals surface area contributed by atoms with Gasteiger partial charge in [-0.1, -0.05) is 34.5 Å². The highest BCUT2D eigenvalue weighted by Gasteiger charge is 2.25. The van der Waals surface area contributed by atoms with E-state index < -0.39 is 11.9 Å². The van der Waals surface area contributed by atoms with E-state index in [1.54, 1.807) is 6.92 Å². The second-order valence-electron chi connectivity index (χ2n) is 6.39. The minimum atomic E-state index is -1.16. The second-order valence-corrected chi connectivity index (χ2v) is 8.12. The van der Waals surface area contributed by atoms with Crippen LogP contribution in [0.4, 0.5) is 5.13 Å². The van der Waals surface area contributed by atoms with E-state index in [-0.39, 0.29) is 34.1 Å². The highest BCUT2D eigenvalue weighted by Crippen LogP contribution is 2.30. The van der Waals surface area contributed by atoms with Gasteiger partial charge in [-0.25, -0.2) is 9.78 Å². The first kappa shape index (κ1) is 21.6. The van der Waals surface area contributed by atoms with Gasteiger partial charge in [0.1, 0.15) is 23.0 Å². The van der Waals surface area contributed by atoms with E-state index in [4.69, 9.17) is 33.0 Å². The molecule has 3 heterocycles. The van der Waals surface area contributed by atoms with E-state index in [0.29, 0.717) is 48.1 Å². The molecule has 1 fully saturated rings. The smallest absolute Gasteiger partial charge is 0.348 e. The number of amides is 1. The zero-order valence-corrected chi connectivity index (χ0v) is 17.7. The summed E-state index contributed by atoms with van der Waals surface area (Å²) < 4.78 is 5.71. The molecule has 29 heavy (non-hydrogen) atoms. The number of carbonyl (C=O) groups excluding carboxylic acids is 2. The molecule has 9 nitrogen and oxygen atoms in total. The molecule has 0 saturated carbocycles. The number of H-pyrrole nitrogens is 1. The van der Waals surface area contributed by atoms with Crippen LogP contribution in [0.1, 0.15) is 49.2 Å². The number of halogens is 2. The van der Waals surface area contributed by atoms with Crippen LogP contribution >= 0.6 is 34.5 Å². The van der Waals surface area contributed by atoms with Crippen molar-refractivity contribution in [3.05, 3.63) is 32.0 Å². The maximum atomic E-state index is 12.2. The van der Waals surface area contributed by atoms with Crippen LogP contribution in [0.15, 0.2) is 0 Å². The van der Waals surface area contributed by atoms with Gasteiger partial charge in [-0.15, -0.1) is 0 Å². The lowest BCUT2D eigenvalue weighted by Crippen LogP contribution is -2.39. The minimum absolute atomic E-state index is 0.0191. The summed E-state index contributed by atoms with van der Waals surface area (Å²) in [6, 6.07) is 0. The number of hydrogen-bond acceptors (Lipinski definition) is 7. The molecule has 2 aromatic rings. The third-order valence-corrected chi connectivity index (χ3v) is 6.56. The molecule has 1 amide bonds. The molecule has 0 radical (unpaired) electrons. The summed E-state index contributed by atoms with van der Waals surface area (Å²) in [4.78, 5) is 43.1. The van der Waals surface area contributed by atoms with Crippen molar-refractivity contribution in [2.24, 2.45) is 0 Å². The van der Waals surface area contributed by atoms with Gasteiger partial charge < -0.3 is 25.0 Å². The van der Waals surface area contributed by atoms with E-state index in [2.05, 4.69) is 15.3 Å². The van der Waals surface area contributed by atoms with Crippen molar-refractivity contribution in [2.45, 2.75) is 25.9 Å². The summed E-state index contributed by atoms with van der Waals surface area (Å²) >= 11 is 13.0. The van der Waals surface area contributed by atoms with Crippen molar-refractivity contribution in [1.82, 2.24) is 15.3 Å². The molecule has 12 heteroatoms. The van der Waals surface area contributed by atoms with E-state index in [1.165, 1.54) is 0 Å². The van der Waals surface area contributed by atoms with E-state index in [1.807, 2.05) is 4.90 Å². The number of anilines is 1. The maximum Gasteiger partial charge on any atom is 0.348 e. The van der Waals surface area contributed by atoms with Crippen LogP contribution in [0, 0.1) is 6.92 Å². The lowest BCUT2D eigenvalue weighted by atomic mass is 10.1. The number of aromatic nitrogens is 2. The maximum absolute atomic E-state index is 12.2. The zero-order chi connectivity index (χ0) is 21.1. The van der Waals surface area contributed by atoms with Crippen molar-refractivity contribution in [3.8, 4) is 0 Å². The number of nitrogens with one attached hydrogen (secondary N) is 2. The van der Waals surface area contributed by atoms with Crippen molar-refractivity contribution in [2.75, 3.05) is 24.7 Å². The molecule has 156 valence electrons. The van der Waals surface area contributed by atoms with Crippen LogP contribution in [0.25, 0.3) is 0 Å². The lowest BCUT2D eigenvalue weighted by molar-refractivity contribution is 0.0248. The number of carboxylic acid groups (broad SMARTS) is 1. The van der Waals surface area contributed by atoms with E-state index >= 15 is 0 Å². The van der Waals surface area contributed by atoms with Crippen LogP contribution in [0.5, 0.6) is 0 Å². The number of aryl methyl sites for hydroxylation is 1. The van der Waals surface area contributed by atoms with Crippen LogP contribution < -0.4 is 10.2 Å². The Morgan fingerprint density at radius 2 is 2.07 bits per heavy atom. The summed E-state index contributed by atoms with van der Waals surface area (Å²) in [5, 5.41) is 12.8. The third kappa shape index (κ3) is 4.72. The molecule has 0 aromatic carbocycles. The Bertz CT molecular complexity index is 937. The van der Waals surface area contributed by atoms with E-state index in [9.17, 15) is 14.4 Å². The van der Waals surface area contributed by atoms with Crippen molar-refractivity contribution in [3.63, 3.8) is 0 Å². The van der Waals surface area contributed by atoms with Gasteiger partial charge in [0.15, 0.2) is 11.4 Å². The molecular formula is C17H18Cl2N4O5S. The molecule has 0 unspecified atom stereocenters. The first-order valence-electron chi connectivity index (χ1n) is 8.69. The molecule has 1 aliphatic heterocycles. The molecule has 0 spiro atoms. The lowest BCUT2D eigenvalue weighted by Gasteiger charge is -2.31. The van der Waals surface area contributed by atoms with Gasteiger partial charge in [-0.05, 0) is 19.8 Å². The van der Waals surface area contributed by atoms with Gasteiger partial charge in [0, 0.05) is 18.8 Å². The molecule has 1 saturated heterocycles. The Morgan fingerprint density at radius 3 is 2.59 bits per heavy atom. The number of thiazole rings is 1. The minimum Gasteiger partial charge on any atom is -0.477 e. The first-order chi connectivity index (χ1) is 13.8. The fourth-order valence-corrected chi connectivity index (χ4v) is 4.28. The number of carboxylic acids is 1. The number of ether oxygens (including phenoxy) is 1. The van der Waals surface area contributed by atoms with Crippen molar-refractivity contribution in [1.29, 1.82) is 0 Å². The number of aromatic carboxylic acids is 1. The molecule has 0 bridgehead atoms. The molecular weight excluding hydrogens is 443 g/mol. The number of aromatic amines is 1. The Morgan fingerprint density at radius 1 is 1.38 bits per heavy atom. The summed E-state index contributed by atoms with van der Waals surface area (Å²) in [5.41, 5.74) is 0.745. The zero-order valence-electron chi connectivity index (χ0n) is 15.3. The summed E-state index contributed by atoms with van der Waals surface area (Å²) in [7, 11) is 0. The highest BCUT2D eigenvalue weighted by atomic mass is 35.5. The highest BCUT2D eigenvalue weighted by molar-refractivity contribution is 7.17. The number of piperidine rings is 1. The Kier molecular flexibility index (Phi) is 6.78.